The van der Waals surface area contributed by atoms with E-state index in [2.05, 4.69) is 0 Å². The van der Waals surface area contributed by atoms with Gasteiger partial charge in [-0.15, -0.1) is 0 Å². The van der Waals surface area contributed by atoms with Gasteiger partial charge >= 0.3 is 0 Å². The molecule has 0 aromatic heterocycles. The van der Waals surface area contributed by atoms with Crippen LogP contribution in [0.1, 0.15) is 11.1 Å². The third kappa shape index (κ3) is 1.76. The Kier molecular flexibility index (Phi) is 2.50. The number of benzene rings is 1. The van der Waals surface area contributed by atoms with E-state index < -0.39 is 23.4 Å². The SMILES string of the molecule is F/C=C(/F)C1Cc2cc(F)c(F)cc2C1. The molecule has 1 aromatic rings. The monoisotopic (exact) mass is 216 g/mol. The van der Waals surface area contributed by atoms with E-state index in [1.54, 1.807) is 0 Å². The van der Waals surface area contributed by atoms with Gasteiger partial charge in [0.15, 0.2) is 11.6 Å². The second-order valence-electron chi connectivity index (χ2n) is 3.63. The topological polar surface area (TPSA) is 0 Å². The molecular formula is C11H8F4. The molecular weight excluding hydrogens is 208 g/mol. The number of hydrogen-bond acceptors (Lipinski definition) is 0. The van der Waals surface area contributed by atoms with Gasteiger partial charge in [-0.1, -0.05) is 0 Å². The van der Waals surface area contributed by atoms with Gasteiger partial charge in [-0.25, -0.2) is 17.6 Å². The van der Waals surface area contributed by atoms with E-state index in [4.69, 9.17) is 0 Å². The predicted molar refractivity (Wildman–Crippen MR) is 47.6 cm³/mol. The van der Waals surface area contributed by atoms with Gasteiger partial charge in [0.25, 0.3) is 0 Å². The van der Waals surface area contributed by atoms with Crippen LogP contribution in [0.5, 0.6) is 0 Å². The first-order valence-electron chi connectivity index (χ1n) is 4.54. The highest BCUT2D eigenvalue weighted by Crippen LogP contribution is 2.33. The van der Waals surface area contributed by atoms with Crippen molar-refractivity contribution in [1.29, 1.82) is 0 Å². The Hall–Kier alpha value is -1.32. The van der Waals surface area contributed by atoms with E-state index in [9.17, 15) is 17.6 Å². The molecule has 1 aromatic carbocycles. The van der Waals surface area contributed by atoms with Crippen LogP contribution in [-0.2, 0) is 12.8 Å². The zero-order chi connectivity index (χ0) is 11.0. The maximum atomic E-state index is 12.9. The quantitative estimate of drug-likeness (QED) is 0.630. The van der Waals surface area contributed by atoms with E-state index in [-0.39, 0.29) is 19.2 Å². The van der Waals surface area contributed by atoms with Crippen LogP contribution in [0.25, 0.3) is 0 Å². The Morgan fingerprint density at radius 2 is 1.60 bits per heavy atom. The second-order valence-corrected chi connectivity index (χ2v) is 3.63. The number of hydrogen-bond donors (Lipinski definition) is 0. The van der Waals surface area contributed by atoms with Crippen molar-refractivity contribution in [3.05, 3.63) is 47.1 Å². The third-order valence-corrected chi connectivity index (χ3v) is 2.67. The van der Waals surface area contributed by atoms with E-state index in [0.29, 0.717) is 11.1 Å². The molecule has 4 heteroatoms. The van der Waals surface area contributed by atoms with Crippen molar-refractivity contribution < 1.29 is 17.6 Å². The molecule has 1 aliphatic carbocycles. The Labute approximate surface area is 84.2 Å². The molecule has 15 heavy (non-hydrogen) atoms. The van der Waals surface area contributed by atoms with Gasteiger partial charge in [0, 0.05) is 5.92 Å². The van der Waals surface area contributed by atoms with Gasteiger partial charge in [0.2, 0.25) is 0 Å². The minimum absolute atomic E-state index is 0.0940. The van der Waals surface area contributed by atoms with Gasteiger partial charge < -0.3 is 0 Å². The minimum Gasteiger partial charge on any atom is -0.213 e. The molecule has 1 aliphatic rings. The van der Waals surface area contributed by atoms with Crippen LogP contribution in [-0.4, -0.2) is 0 Å². The van der Waals surface area contributed by atoms with Crippen molar-refractivity contribution in [2.45, 2.75) is 12.8 Å². The van der Waals surface area contributed by atoms with Crippen LogP contribution in [0.3, 0.4) is 0 Å². The summed E-state index contributed by atoms with van der Waals surface area (Å²) < 4.78 is 50.5. The van der Waals surface area contributed by atoms with Crippen molar-refractivity contribution in [3.8, 4) is 0 Å². The third-order valence-electron chi connectivity index (χ3n) is 2.67. The molecule has 0 amide bonds. The zero-order valence-corrected chi connectivity index (χ0v) is 7.74. The molecule has 0 saturated carbocycles. The molecule has 0 bridgehead atoms. The molecule has 0 N–H and O–H groups in total. The first-order valence-corrected chi connectivity index (χ1v) is 4.54. The number of fused-ring (bicyclic) bond motifs is 1. The molecule has 0 radical (unpaired) electrons. The zero-order valence-electron chi connectivity index (χ0n) is 7.74. The largest absolute Gasteiger partial charge is 0.213 e. The highest BCUT2D eigenvalue weighted by Gasteiger charge is 2.26. The number of rotatable bonds is 1. The lowest BCUT2D eigenvalue weighted by molar-refractivity contribution is 0.457. The summed E-state index contributed by atoms with van der Waals surface area (Å²) in [6.45, 7) is 0. The Morgan fingerprint density at radius 3 is 2.00 bits per heavy atom. The van der Waals surface area contributed by atoms with E-state index >= 15 is 0 Å². The van der Waals surface area contributed by atoms with Gasteiger partial charge in [0.05, 0.1) is 0 Å². The predicted octanol–water partition coefficient (Wildman–Crippen LogP) is 3.46. The standard InChI is InChI=1S/C11H8F4/c12-5-11(15)8-1-6-3-9(13)10(14)4-7(6)2-8/h3-5,8H,1-2H2/b11-5+. The summed E-state index contributed by atoms with van der Waals surface area (Å²) in [6, 6.07) is 2.10. The Bertz CT molecular complexity index is 392. The van der Waals surface area contributed by atoms with Crippen molar-refractivity contribution >= 4 is 0 Å². The van der Waals surface area contributed by atoms with E-state index in [0.717, 1.165) is 12.1 Å². The Morgan fingerprint density at radius 1 is 1.13 bits per heavy atom. The average Bonchev–Trinajstić information content (AvgIpc) is 2.60. The van der Waals surface area contributed by atoms with Crippen molar-refractivity contribution in [3.63, 3.8) is 0 Å². The molecule has 0 nitrogen and oxygen atoms in total. The number of halogens is 4. The molecule has 0 fully saturated rings. The maximum Gasteiger partial charge on any atom is 0.159 e. The van der Waals surface area contributed by atoms with Gasteiger partial charge in [0.1, 0.15) is 12.2 Å². The van der Waals surface area contributed by atoms with Crippen LogP contribution in [0.2, 0.25) is 0 Å². The van der Waals surface area contributed by atoms with E-state index in [1.165, 1.54) is 0 Å². The molecule has 80 valence electrons. The summed E-state index contributed by atoms with van der Waals surface area (Å²) >= 11 is 0. The first kappa shape index (κ1) is 10.2. The highest BCUT2D eigenvalue weighted by molar-refractivity contribution is 5.35. The summed E-state index contributed by atoms with van der Waals surface area (Å²) in [6.07, 6.45) is 0.348. The molecule has 0 atom stereocenters. The maximum absolute atomic E-state index is 12.9. The molecule has 0 saturated heterocycles. The first-order chi connectivity index (χ1) is 7.11. The highest BCUT2D eigenvalue weighted by atomic mass is 19.2. The normalized spacial score (nSPS) is 16.9. The van der Waals surface area contributed by atoms with Crippen molar-refractivity contribution in [2.24, 2.45) is 5.92 Å². The molecule has 0 aliphatic heterocycles. The van der Waals surface area contributed by atoms with Crippen LogP contribution < -0.4 is 0 Å². The minimum atomic E-state index is -0.945. The summed E-state index contributed by atoms with van der Waals surface area (Å²) in [7, 11) is 0. The molecule has 0 unspecified atom stereocenters. The summed E-state index contributed by atoms with van der Waals surface area (Å²) in [5.41, 5.74) is 1.10. The Balaban J connectivity index is 2.32. The van der Waals surface area contributed by atoms with Crippen LogP contribution >= 0.6 is 0 Å². The fraction of sp³-hybridized carbons (Fsp3) is 0.273. The summed E-state index contributed by atoms with van der Waals surface area (Å²) in [5.74, 6) is -3.38. The van der Waals surface area contributed by atoms with Gasteiger partial charge in [-0.3, -0.25) is 0 Å². The smallest absolute Gasteiger partial charge is 0.159 e. The van der Waals surface area contributed by atoms with Crippen LogP contribution in [0, 0.1) is 17.6 Å². The van der Waals surface area contributed by atoms with E-state index in [1.807, 2.05) is 0 Å². The molecule has 0 heterocycles. The fourth-order valence-corrected chi connectivity index (χ4v) is 1.90. The summed E-state index contributed by atoms with van der Waals surface area (Å²) in [4.78, 5) is 0. The summed E-state index contributed by atoms with van der Waals surface area (Å²) in [5, 5.41) is 0. The van der Waals surface area contributed by atoms with Crippen molar-refractivity contribution in [2.75, 3.05) is 0 Å². The second kappa shape index (κ2) is 3.68. The fourth-order valence-electron chi connectivity index (χ4n) is 1.90. The number of allylic oxidation sites excluding steroid dienone is 1. The van der Waals surface area contributed by atoms with Crippen LogP contribution in [0.4, 0.5) is 17.6 Å². The average molecular weight is 216 g/mol. The van der Waals surface area contributed by atoms with Crippen LogP contribution in [0.15, 0.2) is 24.3 Å². The van der Waals surface area contributed by atoms with Gasteiger partial charge in [-0.2, -0.15) is 0 Å². The van der Waals surface area contributed by atoms with Crippen molar-refractivity contribution in [1.82, 2.24) is 0 Å². The molecule has 2 rings (SSSR count). The lowest BCUT2D eigenvalue weighted by atomic mass is 10.1. The lowest BCUT2D eigenvalue weighted by Crippen LogP contribution is -1.99. The van der Waals surface area contributed by atoms with Gasteiger partial charge in [-0.05, 0) is 36.1 Å². The lowest BCUT2D eigenvalue weighted by Gasteiger charge is -2.02. The molecule has 0 spiro atoms.